The maximum atomic E-state index is 12.1. The molecule has 1 N–H and O–H groups in total. The number of hydrogen-bond donors (Lipinski definition) is 1. The third kappa shape index (κ3) is 3.06. The molecule has 0 aliphatic heterocycles. The number of rotatable bonds is 3. The second-order valence-corrected chi connectivity index (χ2v) is 6.31. The molecule has 0 atom stereocenters. The van der Waals surface area contributed by atoms with Crippen molar-refractivity contribution in [3.8, 4) is 0 Å². The molecule has 0 saturated heterocycles. The molecule has 21 heavy (non-hydrogen) atoms. The summed E-state index contributed by atoms with van der Waals surface area (Å²) in [5.74, 6) is -0.431. The van der Waals surface area contributed by atoms with E-state index in [0.29, 0.717) is 12.1 Å². The second-order valence-electron chi connectivity index (χ2n) is 4.40. The minimum atomic E-state index is -0.626. The van der Waals surface area contributed by atoms with Gasteiger partial charge in [-0.3, -0.25) is 4.79 Å². The lowest BCUT2D eigenvalue weighted by molar-refractivity contribution is 0.0948. The van der Waals surface area contributed by atoms with Crippen LogP contribution in [0, 0.1) is 0 Å². The van der Waals surface area contributed by atoms with Gasteiger partial charge in [-0.2, -0.15) is 0 Å². The smallest absolute Gasteiger partial charge is 0.349 e. The number of nitrogens with one attached hydrogen (secondary N) is 1. The van der Waals surface area contributed by atoms with Gasteiger partial charge in [0.2, 0.25) is 0 Å². The molecular weight excluding hydrogens is 354 g/mol. The Morgan fingerprint density at radius 1 is 1.29 bits per heavy atom. The van der Waals surface area contributed by atoms with Gasteiger partial charge in [-0.15, -0.1) is 11.3 Å². The van der Waals surface area contributed by atoms with Gasteiger partial charge < -0.3 is 9.73 Å². The van der Waals surface area contributed by atoms with Crippen molar-refractivity contribution in [2.45, 2.75) is 6.54 Å². The number of hydrogen-bond acceptors (Lipinski definition) is 4. The van der Waals surface area contributed by atoms with Crippen LogP contribution in [0.4, 0.5) is 0 Å². The number of para-hydroxylation sites is 1. The van der Waals surface area contributed by atoms with E-state index in [2.05, 4.69) is 21.2 Å². The zero-order chi connectivity index (χ0) is 14.8. The summed E-state index contributed by atoms with van der Waals surface area (Å²) in [7, 11) is 0. The van der Waals surface area contributed by atoms with Gasteiger partial charge in [0, 0.05) is 20.1 Å². The van der Waals surface area contributed by atoms with Crippen molar-refractivity contribution in [2.24, 2.45) is 0 Å². The maximum absolute atomic E-state index is 12.1. The zero-order valence-corrected chi connectivity index (χ0v) is 13.2. The van der Waals surface area contributed by atoms with Crippen LogP contribution >= 0.6 is 27.3 Å². The summed E-state index contributed by atoms with van der Waals surface area (Å²) >= 11 is 4.89. The van der Waals surface area contributed by atoms with E-state index in [4.69, 9.17) is 4.42 Å². The predicted octanol–water partition coefficient (Wildman–Crippen LogP) is 3.55. The number of carbonyl (C=O) groups is 1. The number of halogens is 1. The Morgan fingerprint density at radius 3 is 2.86 bits per heavy atom. The highest BCUT2D eigenvalue weighted by atomic mass is 79.9. The van der Waals surface area contributed by atoms with Crippen molar-refractivity contribution in [3.63, 3.8) is 0 Å². The number of benzene rings is 1. The molecule has 0 aliphatic rings. The topological polar surface area (TPSA) is 59.3 Å². The normalized spacial score (nSPS) is 10.7. The fourth-order valence-electron chi connectivity index (χ4n) is 1.93. The minimum Gasteiger partial charge on any atom is -0.422 e. The minimum absolute atomic E-state index is 0.0179. The average molecular weight is 364 g/mol. The van der Waals surface area contributed by atoms with Gasteiger partial charge in [0.15, 0.2) is 0 Å². The summed E-state index contributed by atoms with van der Waals surface area (Å²) in [6.07, 6.45) is 0. The molecule has 1 amide bonds. The lowest BCUT2D eigenvalue weighted by Gasteiger charge is -2.03. The molecule has 3 aromatic rings. The summed E-state index contributed by atoms with van der Waals surface area (Å²) in [4.78, 5) is 25.0. The van der Waals surface area contributed by atoms with Crippen LogP contribution in [-0.2, 0) is 6.54 Å². The molecule has 0 aliphatic carbocycles. The Labute approximate surface area is 132 Å². The first-order valence-electron chi connectivity index (χ1n) is 6.17. The molecule has 106 valence electrons. The Balaban J connectivity index is 1.84. The lowest BCUT2D eigenvalue weighted by atomic mass is 10.2. The van der Waals surface area contributed by atoms with Crippen LogP contribution in [0.1, 0.15) is 15.2 Å². The monoisotopic (exact) mass is 363 g/mol. The van der Waals surface area contributed by atoms with Crippen molar-refractivity contribution in [3.05, 3.63) is 67.1 Å². The Morgan fingerprint density at radius 2 is 2.10 bits per heavy atom. The van der Waals surface area contributed by atoms with Gasteiger partial charge in [0.25, 0.3) is 5.91 Å². The summed E-state index contributed by atoms with van der Waals surface area (Å²) < 4.78 is 6.12. The molecule has 0 radical (unpaired) electrons. The van der Waals surface area contributed by atoms with Gasteiger partial charge in [0.1, 0.15) is 11.1 Å². The van der Waals surface area contributed by atoms with Gasteiger partial charge in [-0.1, -0.05) is 18.2 Å². The van der Waals surface area contributed by atoms with Crippen molar-refractivity contribution in [1.29, 1.82) is 0 Å². The van der Waals surface area contributed by atoms with E-state index in [1.807, 2.05) is 17.5 Å². The Bertz CT molecular complexity index is 868. The van der Waals surface area contributed by atoms with E-state index in [-0.39, 0.29) is 5.56 Å². The van der Waals surface area contributed by atoms with Crippen molar-refractivity contribution in [1.82, 2.24) is 5.32 Å². The van der Waals surface area contributed by atoms with Gasteiger partial charge in [-0.05, 0) is 34.1 Å². The zero-order valence-electron chi connectivity index (χ0n) is 10.8. The van der Waals surface area contributed by atoms with E-state index in [1.54, 1.807) is 24.3 Å². The fourth-order valence-corrected chi connectivity index (χ4v) is 3.32. The third-order valence-electron chi connectivity index (χ3n) is 2.93. The Hall–Kier alpha value is -1.92. The van der Waals surface area contributed by atoms with Gasteiger partial charge >= 0.3 is 5.63 Å². The van der Waals surface area contributed by atoms with Gasteiger partial charge in [-0.25, -0.2) is 4.79 Å². The first-order chi connectivity index (χ1) is 10.1. The van der Waals surface area contributed by atoms with Crippen molar-refractivity contribution < 1.29 is 9.21 Å². The summed E-state index contributed by atoms with van der Waals surface area (Å²) in [5.41, 5.74) is -0.135. The first-order valence-corrected chi connectivity index (χ1v) is 7.85. The van der Waals surface area contributed by atoms with Crippen LogP contribution in [-0.4, -0.2) is 5.91 Å². The van der Waals surface area contributed by atoms with E-state index >= 15 is 0 Å². The van der Waals surface area contributed by atoms with E-state index in [0.717, 1.165) is 14.7 Å². The fraction of sp³-hybridized carbons (Fsp3) is 0.0667. The van der Waals surface area contributed by atoms with E-state index in [1.165, 1.54) is 11.3 Å². The average Bonchev–Trinajstić information content (AvgIpc) is 2.89. The molecule has 0 bridgehead atoms. The van der Waals surface area contributed by atoms with Crippen LogP contribution in [0.15, 0.2) is 55.5 Å². The van der Waals surface area contributed by atoms with E-state index < -0.39 is 11.5 Å². The standard InChI is InChI=1S/C15H10BrNO3S/c16-10-6-11(21-8-10)7-17-14(18)12-5-9-3-1-2-4-13(9)20-15(12)19/h1-6,8H,7H2,(H,17,18). The van der Waals surface area contributed by atoms with Crippen LogP contribution in [0.2, 0.25) is 0 Å². The molecule has 1 aromatic carbocycles. The van der Waals surface area contributed by atoms with Crippen molar-refractivity contribution in [2.75, 3.05) is 0 Å². The van der Waals surface area contributed by atoms with Crippen LogP contribution in [0.5, 0.6) is 0 Å². The van der Waals surface area contributed by atoms with Gasteiger partial charge in [0.05, 0.1) is 6.54 Å². The lowest BCUT2D eigenvalue weighted by Crippen LogP contribution is -2.27. The SMILES string of the molecule is O=C(NCc1cc(Br)cs1)c1cc2ccccc2oc1=O. The highest BCUT2D eigenvalue weighted by Gasteiger charge is 2.13. The molecule has 0 fully saturated rings. The molecule has 0 unspecified atom stereocenters. The summed E-state index contributed by atoms with van der Waals surface area (Å²) in [6.45, 7) is 0.376. The number of amides is 1. The number of thiophene rings is 1. The molecule has 4 nitrogen and oxygen atoms in total. The number of fused-ring (bicyclic) bond motifs is 1. The van der Waals surface area contributed by atoms with Crippen LogP contribution < -0.4 is 10.9 Å². The maximum Gasteiger partial charge on any atom is 0.349 e. The quantitative estimate of drug-likeness (QED) is 0.723. The largest absolute Gasteiger partial charge is 0.422 e. The molecular formula is C15H10BrNO3S. The molecule has 2 heterocycles. The molecule has 2 aromatic heterocycles. The predicted molar refractivity (Wildman–Crippen MR) is 85.7 cm³/mol. The molecule has 0 spiro atoms. The van der Waals surface area contributed by atoms with Crippen LogP contribution in [0.25, 0.3) is 11.0 Å². The Kier molecular flexibility index (Phi) is 3.90. The third-order valence-corrected chi connectivity index (χ3v) is 4.63. The summed E-state index contributed by atoms with van der Waals surface area (Å²) in [6, 6.07) is 10.6. The van der Waals surface area contributed by atoms with E-state index in [9.17, 15) is 9.59 Å². The highest BCUT2D eigenvalue weighted by molar-refractivity contribution is 9.10. The second kappa shape index (κ2) is 5.83. The number of carbonyl (C=O) groups excluding carboxylic acids is 1. The first kappa shape index (κ1) is 14.0. The molecule has 0 saturated carbocycles. The van der Waals surface area contributed by atoms with Crippen LogP contribution in [0.3, 0.4) is 0 Å². The molecule has 3 rings (SSSR count). The highest BCUT2D eigenvalue weighted by Crippen LogP contribution is 2.19. The molecule has 6 heteroatoms. The summed E-state index contributed by atoms with van der Waals surface area (Å²) in [5, 5.41) is 5.38. The van der Waals surface area contributed by atoms with Crippen molar-refractivity contribution >= 4 is 44.1 Å².